The van der Waals surface area contributed by atoms with Crippen LogP contribution in [-0.2, 0) is 9.84 Å². The maximum Gasteiger partial charge on any atom is 0.208 e. The lowest BCUT2D eigenvalue weighted by Crippen LogP contribution is -2.21. The lowest BCUT2D eigenvalue weighted by molar-refractivity contribution is -0.176. The van der Waals surface area contributed by atoms with E-state index in [-0.39, 0.29) is 39.6 Å². The molecule has 39 heavy (non-hydrogen) atoms. The Bertz CT molecular complexity index is 1890. The monoisotopic (exact) mass is 562 g/mol. The predicted molar refractivity (Wildman–Crippen MR) is 158 cm³/mol. The van der Waals surface area contributed by atoms with Crippen molar-refractivity contribution in [2.45, 2.75) is 44.9 Å². The number of sulfone groups is 1. The SMILES string of the molecule is C.Cc1cc(C)c2c(c1)C(=O)c1ccccc1S2(=O)=O.Cc1cc(C)c2sc3ccccc3c(=O)c2c1.OO. The van der Waals surface area contributed by atoms with Crippen molar-refractivity contribution in [3.8, 4) is 0 Å². The molecule has 202 valence electrons. The van der Waals surface area contributed by atoms with Gasteiger partial charge in [-0.05, 0) is 75.2 Å². The molecule has 8 heteroatoms. The van der Waals surface area contributed by atoms with Crippen LogP contribution in [0.2, 0.25) is 0 Å². The summed E-state index contributed by atoms with van der Waals surface area (Å²) in [6.45, 7) is 7.68. The number of carbonyl (C=O) groups is 1. The van der Waals surface area contributed by atoms with Gasteiger partial charge in [0.1, 0.15) is 0 Å². The number of benzene rings is 4. The molecule has 2 N–H and O–H groups in total. The van der Waals surface area contributed by atoms with Gasteiger partial charge in [-0.2, -0.15) is 0 Å². The van der Waals surface area contributed by atoms with Gasteiger partial charge >= 0.3 is 0 Å². The van der Waals surface area contributed by atoms with E-state index in [0.29, 0.717) is 5.56 Å². The normalized spacial score (nSPS) is 12.7. The molecule has 2 heterocycles. The molecule has 0 spiro atoms. The van der Waals surface area contributed by atoms with Crippen molar-refractivity contribution in [2.24, 2.45) is 0 Å². The molecule has 6 rings (SSSR count). The molecule has 5 aromatic rings. The highest BCUT2D eigenvalue weighted by Gasteiger charge is 2.35. The van der Waals surface area contributed by atoms with Crippen LogP contribution in [0.3, 0.4) is 0 Å². The Kier molecular flexibility index (Phi) is 8.87. The highest BCUT2D eigenvalue weighted by Crippen LogP contribution is 2.36. The summed E-state index contributed by atoms with van der Waals surface area (Å²) >= 11 is 1.70. The number of hydrogen-bond donors (Lipinski definition) is 2. The Hall–Kier alpha value is -3.69. The smallest absolute Gasteiger partial charge is 0.208 e. The van der Waals surface area contributed by atoms with E-state index in [2.05, 4.69) is 13.0 Å². The summed E-state index contributed by atoms with van der Waals surface area (Å²) in [6, 6.07) is 21.8. The van der Waals surface area contributed by atoms with Crippen molar-refractivity contribution in [2.75, 3.05) is 0 Å². The fourth-order valence-corrected chi connectivity index (χ4v) is 7.85. The average Bonchev–Trinajstić information content (AvgIpc) is 2.89. The molecule has 1 aliphatic rings. The predicted octanol–water partition coefficient (Wildman–Crippen LogP) is 7.37. The lowest BCUT2D eigenvalue weighted by atomic mass is 9.98. The van der Waals surface area contributed by atoms with Crippen molar-refractivity contribution in [1.29, 1.82) is 0 Å². The zero-order valence-corrected chi connectivity index (χ0v) is 22.9. The van der Waals surface area contributed by atoms with Crippen molar-refractivity contribution in [1.82, 2.24) is 0 Å². The van der Waals surface area contributed by atoms with E-state index in [1.807, 2.05) is 44.2 Å². The first-order valence-electron chi connectivity index (χ1n) is 11.7. The topological polar surface area (TPSA) is 109 Å². The minimum Gasteiger partial charge on any atom is -0.289 e. The number of fused-ring (bicyclic) bond motifs is 4. The number of rotatable bonds is 0. The molecule has 1 aromatic heterocycles. The van der Waals surface area contributed by atoms with Gasteiger partial charge in [0.05, 0.1) is 9.79 Å². The second kappa shape index (κ2) is 11.6. The summed E-state index contributed by atoms with van der Waals surface area (Å²) in [6.07, 6.45) is 0. The minimum absolute atomic E-state index is 0. The molecule has 1 aliphatic heterocycles. The van der Waals surface area contributed by atoms with Gasteiger partial charge < -0.3 is 0 Å². The fraction of sp³-hybridized carbons (Fsp3) is 0.161. The summed E-state index contributed by atoms with van der Waals surface area (Å²) in [5.41, 5.74) is 4.55. The third-order valence-electron chi connectivity index (χ3n) is 6.36. The van der Waals surface area contributed by atoms with Crippen LogP contribution in [0.15, 0.2) is 87.4 Å². The Balaban J connectivity index is 0.000000199. The van der Waals surface area contributed by atoms with Crippen LogP contribution in [-0.4, -0.2) is 24.7 Å². The molecule has 4 aromatic carbocycles. The van der Waals surface area contributed by atoms with Crippen molar-refractivity contribution in [3.05, 3.63) is 116 Å². The summed E-state index contributed by atoms with van der Waals surface area (Å²) < 4.78 is 27.4. The van der Waals surface area contributed by atoms with Crippen LogP contribution in [0, 0.1) is 27.7 Å². The Labute approximate surface area is 231 Å². The summed E-state index contributed by atoms with van der Waals surface area (Å²) in [4.78, 5) is 25.1. The lowest BCUT2D eigenvalue weighted by Gasteiger charge is -2.20. The first-order chi connectivity index (χ1) is 18.1. The molecule has 0 radical (unpaired) electrons. The van der Waals surface area contributed by atoms with Gasteiger partial charge in [0.15, 0.2) is 11.2 Å². The van der Waals surface area contributed by atoms with E-state index in [1.165, 1.54) is 11.6 Å². The average molecular weight is 563 g/mol. The van der Waals surface area contributed by atoms with Crippen molar-refractivity contribution >= 4 is 47.1 Å². The number of aryl methyl sites for hydroxylation is 4. The van der Waals surface area contributed by atoms with Gasteiger partial charge in [-0.1, -0.05) is 55.0 Å². The first kappa shape index (κ1) is 29.9. The maximum absolute atomic E-state index is 12.6. The largest absolute Gasteiger partial charge is 0.289 e. The standard InChI is InChI=1S/C15H12O3S.C15H12OS.CH4.H2O2/c1-9-7-10(2)15-12(8-9)14(16)11-5-3-4-6-13(11)19(15,17)18;1-9-7-10(2)15-12(8-9)14(16)11-5-3-4-6-13(11)17-15;;1-2/h3-8H,1-2H3;3-8H,1-2H3;1H4;1-2H. The van der Waals surface area contributed by atoms with E-state index in [4.69, 9.17) is 10.5 Å². The van der Waals surface area contributed by atoms with Crippen LogP contribution in [0.25, 0.3) is 20.2 Å². The van der Waals surface area contributed by atoms with Gasteiger partial charge in [-0.3, -0.25) is 20.1 Å². The van der Waals surface area contributed by atoms with E-state index >= 15 is 0 Å². The number of carbonyl (C=O) groups excluding carboxylic acids is 1. The Morgan fingerprint density at radius 1 is 0.692 bits per heavy atom. The van der Waals surface area contributed by atoms with E-state index in [0.717, 1.165) is 31.3 Å². The second-order valence-electron chi connectivity index (χ2n) is 9.17. The molecular formula is C31H30O6S2. The zero-order valence-electron chi connectivity index (χ0n) is 21.3. The van der Waals surface area contributed by atoms with Crippen LogP contribution >= 0.6 is 11.3 Å². The highest BCUT2D eigenvalue weighted by atomic mass is 32.2. The third-order valence-corrected chi connectivity index (χ3v) is 9.70. The van der Waals surface area contributed by atoms with Crippen molar-refractivity contribution < 1.29 is 23.7 Å². The first-order valence-corrected chi connectivity index (χ1v) is 14.0. The van der Waals surface area contributed by atoms with Gasteiger partial charge in [0.25, 0.3) is 0 Å². The minimum atomic E-state index is -3.60. The molecule has 0 atom stereocenters. The van der Waals surface area contributed by atoms with E-state index in [9.17, 15) is 18.0 Å². The molecule has 0 bridgehead atoms. The highest BCUT2D eigenvalue weighted by molar-refractivity contribution is 7.91. The fourth-order valence-electron chi connectivity index (χ4n) is 4.88. The second-order valence-corrected chi connectivity index (χ2v) is 12.1. The summed E-state index contributed by atoms with van der Waals surface area (Å²) in [5.74, 6) is -0.216. The van der Waals surface area contributed by atoms with E-state index < -0.39 is 9.84 Å². The molecule has 0 fully saturated rings. The van der Waals surface area contributed by atoms with Gasteiger partial charge in [0.2, 0.25) is 9.84 Å². The molecule has 0 saturated carbocycles. The molecule has 6 nitrogen and oxygen atoms in total. The molecule has 0 amide bonds. The van der Waals surface area contributed by atoms with Crippen LogP contribution in [0.5, 0.6) is 0 Å². The van der Waals surface area contributed by atoms with Gasteiger partial charge in [-0.15, -0.1) is 11.3 Å². The van der Waals surface area contributed by atoms with Crippen LogP contribution in [0.4, 0.5) is 0 Å². The van der Waals surface area contributed by atoms with E-state index in [1.54, 1.807) is 48.6 Å². The third kappa shape index (κ3) is 5.29. The zero-order chi connectivity index (χ0) is 27.8. The summed E-state index contributed by atoms with van der Waals surface area (Å²) in [5, 5.41) is 13.7. The van der Waals surface area contributed by atoms with Gasteiger partial charge in [0, 0.05) is 31.3 Å². The van der Waals surface area contributed by atoms with Crippen LogP contribution < -0.4 is 5.43 Å². The maximum atomic E-state index is 12.6. The molecular weight excluding hydrogens is 532 g/mol. The van der Waals surface area contributed by atoms with Gasteiger partial charge in [-0.25, -0.2) is 8.42 Å². The van der Waals surface area contributed by atoms with Crippen LogP contribution in [0.1, 0.15) is 45.6 Å². The summed E-state index contributed by atoms with van der Waals surface area (Å²) in [7, 11) is -3.60. The number of hydrogen-bond acceptors (Lipinski definition) is 7. The molecule has 0 saturated heterocycles. The van der Waals surface area contributed by atoms with Crippen molar-refractivity contribution in [3.63, 3.8) is 0 Å². The molecule has 0 unspecified atom stereocenters. The Morgan fingerprint density at radius 3 is 2.00 bits per heavy atom. The number of ketones is 1. The molecule has 0 aliphatic carbocycles. The quantitative estimate of drug-likeness (QED) is 0.114. The Morgan fingerprint density at radius 2 is 1.28 bits per heavy atom.